The first-order valence-electron chi connectivity index (χ1n) is 7.77. The van der Waals surface area contributed by atoms with Gasteiger partial charge in [-0.05, 0) is 26.3 Å². The maximum atomic E-state index is 12.2. The number of ether oxygens (including phenoxy) is 1. The Hall–Kier alpha value is -2.57. The Labute approximate surface area is 146 Å². The second-order valence-electron chi connectivity index (χ2n) is 5.98. The summed E-state index contributed by atoms with van der Waals surface area (Å²) >= 11 is 0. The first kappa shape index (κ1) is 22.4. The third-order valence-electron chi connectivity index (χ3n) is 3.47. The van der Waals surface area contributed by atoms with Gasteiger partial charge in [0.05, 0.1) is 7.11 Å². The van der Waals surface area contributed by atoms with E-state index in [0.717, 1.165) is 12.2 Å². The smallest absolute Gasteiger partial charge is 0.332 e. The predicted octanol–water partition coefficient (Wildman–Crippen LogP) is 1.90. The van der Waals surface area contributed by atoms with E-state index in [-0.39, 0.29) is 35.7 Å². The molecule has 0 radical (unpaired) electrons. The summed E-state index contributed by atoms with van der Waals surface area (Å²) in [6.07, 6.45) is 1.84. The molecule has 7 heteroatoms. The van der Waals surface area contributed by atoms with Crippen LogP contribution >= 0.6 is 0 Å². The van der Waals surface area contributed by atoms with Gasteiger partial charge in [0, 0.05) is 29.9 Å². The van der Waals surface area contributed by atoms with Gasteiger partial charge in [-0.3, -0.25) is 19.2 Å². The summed E-state index contributed by atoms with van der Waals surface area (Å²) in [5.74, 6) is -4.23. The Kier molecular flexibility index (Phi) is 9.27. The van der Waals surface area contributed by atoms with Crippen molar-refractivity contribution in [3.63, 3.8) is 0 Å². The zero-order chi connectivity index (χ0) is 19.7. The van der Waals surface area contributed by atoms with Crippen molar-refractivity contribution in [3.05, 3.63) is 23.5 Å². The lowest BCUT2D eigenvalue weighted by molar-refractivity contribution is -0.134. The Morgan fingerprint density at radius 2 is 1.56 bits per heavy atom. The van der Waals surface area contributed by atoms with Gasteiger partial charge in [-0.1, -0.05) is 13.8 Å². The van der Waals surface area contributed by atoms with Crippen LogP contribution in [0.15, 0.2) is 23.5 Å². The summed E-state index contributed by atoms with van der Waals surface area (Å²) in [7, 11) is 1.28. The molecule has 0 aromatic rings. The van der Waals surface area contributed by atoms with Crippen LogP contribution in [0.2, 0.25) is 0 Å². The first-order chi connectivity index (χ1) is 11.5. The Balaban J connectivity index is 5.12. The number of methoxy groups -OCH3 is 1. The average Bonchev–Trinajstić information content (AvgIpc) is 2.50. The maximum Gasteiger partial charge on any atom is 0.332 e. The Morgan fingerprint density at radius 3 is 1.96 bits per heavy atom. The lowest BCUT2D eigenvalue weighted by atomic mass is 9.89. The Morgan fingerprint density at radius 1 is 1.00 bits per heavy atom. The maximum absolute atomic E-state index is 12.2. The molecule has 138 valence electrons. The fourth-order valence-corrected chi connectivity index (χ4v) is 2.18. The van der Waals surface area contributed by atoms with Crippen LogP contribution in [-0.2, 0) is 28.7 Å². The van der Waals surface area contributed by atoms with E-state index in [0.29, 0.717) is 0 Å². The molecule has 2 unspecified atom stereocenters. The van der Waals surface area contributed by atoms with E-state index in [4.69, 9.17) is 9.84 Å². The average molecular weight is 352 g/mol. The SMILES string of the molecule is CO/C(=C/C(C)=O)C(=O)C(C)CC(C)C(=O)/C=C(/CC(C)=O)C(=O)O. The third kappa shape index (κ3) is 8.19. The molecular formula is C18H24O7. The molecule has 7 nitrogen and oxygen atoms in total. The molecule has 0 bridgehead atoms. The van der Waals surface area contributed by atoms with E-state index in [9.17, 15) is 24.0 Å². The van der Waals surface area contributed by atoms with Gasteiger partial charge in [0.15, 0.2) is 23.1 Å². The predicted molar refractivity (Wildman–Crippen MR) is 89.7 cm³/mol. The number of Topliss-reactive ketones (excluding diaryl/α,β-unsaturated/α-hetero) is 2. The highest BCUT2D eigenvalue weighted by atomic mass is 16.5. The summed E-state index contributed by atoms with van der Waals surface area (Å²) in [5, 5.41) is 9.03. The number of carboxylic acids is 1. The van der Waals surface area contributed by atoms with Crippen molar-refractivity contribution in [3.8, 4) is 0 Å². The van der Waals surface area contributed by atoms with E-state index in [1.165, 1.54) is 21.0 Å². The number of allylic oxidation sites excluding steroid dienone is 3. The van der Waals surface area contributed by atoms with Gasteiger partial charge in [-0.2, -0.15) is 0 Å². The topological polar surface area (TPSA) is 115 Å². The first-order valence-corrected chi connectivity index (χ1v) is 7.77. The van der Waals surface area contributed by atoms with Crippen molar-refractivity contribution in [1.82, 2.24) is 0 Å². The molecule has 0 spiro atoms. The molecule has 0 saturated carbocycles. The van der Waals surface area contributed by atoms with Crippen molar-refractivity contribution in [1.29, 1.82) is 0 Å². The fourth-order valence-electron chi connectivity index (χ4n) is 2.18. The van der Waals surface area contributed by atoms with Gasteiger partial charge in [0.1, 0.15) is 5.78 Å². The van der Waals surface area contributed by atoms with Crippen LogP contribution in [0.4, 0.5) is 0 Å². The van der Waals surface area contributed by atoms with Crippen LogP contribution in [0.5, 0.6) is 0 Å². The van der Waals surface area contributed by atoms with E-state index >= 15 is 0 Å². The molecular weight excluding hydrogens is 328 g/mol. The molecule has 0 aliphatic carbocycles. The number of rotatable bonds is 11. The van der Waals surface area contributed by atoms with E-state index in [1.807, 2.05) is 0 Å². The minimum Gasteiger partial charge on any atom is -0.493 e. The highest BCUT2D eigenvalue weighted by Crippen LogP contribution is 2.19. The fraction of sp³-hybridized carbons (Fsp3) is 0.500. The highest BCUT2D eigenvalue weighted by Gasteiger charge is 2.24. The number of hydrogen-bond acceptors (Lipinski definition) is 6. The minimum atomic E-state index is -1.33. The summed E-state index contributed by atoms with van der Waals surface area (Å²) in [4.78, 5) is 57.6. The molecule has 0 fully saturated rings. The molecule has 0 rings (SSSR count). The number of carbonyl (C=O) groups is 5. The van der Waals surface area contributed by atoms with Crippen LogP contribution in [0.1, 0.15) is 40.5 Å². The van der Waals surface area contributed by atoms with Crippen LogP contribution in [0.25, 0.3) is 0 Å². The summed E-state index contributed by atoms with van der Waals surface area (Å²) in [5.41, 5.74) is -0.280. The standard InChI is InChI=1S/C18H24O7/c1-10(15(21)9-14(18(23)24)7-12(3)19)6-11(2)17(22)16(25-5)8-13(4)20/h8-11H,6-7H2,1-5H3,(H,23,24)/b14-9-,16-8+. The van der Waals surface area contributed by atoms with Crippen LogP contribution < -0.4 is 0 Å². The van der Waals surface area contributed by atoms with Gasteiger partial charge in [-0.15, -0.1) is 0 Å². The molecule has 0 amide bonds. The number of hydrogen-bond donors (Lipinski definition) is 1. The van der Waals surface area contributed by atoms with Gasteiger partial charge in [-0.25, -0.2) is 4.79 Å². The lowest BCUT2D eigenvalue weighted by Crippen LogP contribution is -2.21. The van der Waals surface area contributed by atoms with E-state index < -0.39 is 29.4 Å². The van der Waals surface area contributed by atoms with Crippen LogP contribution in [0.3, 0.4) is 0 Å². The number of aliphatic carboxylic acids is 1. The van der Waals surface area contributed by atoms with Crippen LogP contribution in [-0.4, -0.2) is 41.3 Å². The molecule has 0 aliphatic rings. The van der Waals surface area contributed by atoms with Crippen LogP contribution in [0, 0.1) is 11.8 Å². The van der Waals surface area contributed by atoms with Gasteiger partial charge in [0.25, 0.3) is 0 Å². The van der Waals surface area contributed by atoms with Gasteiger partial charge >= 0.3 is 5.97 Å². The molecule has 0 aromatic heterocycles. The van der Waals surface area contributed by atoms with Gasteiger partial charge < -0.3 is 9.84 Å². The molecule has 0 aromatic carbocycles. The summed E-state index contributed by atoms with van der Waals surface area (Å²) in [6, 6.07) is 0. The number of carboxylic acid groups (broad SMARTS) is 1. The van der Waals surface area contributed by atoms with Crippen molar-refractivity contribution >= 4 is 29.1 Å². The Bertz CT molecular complexity index is 625. The minimum absolute atomic E-state index is 0.0852. The molecule has 0 aliphatic heterocycles. The third-order valence-corrected chi connectivity index (χ3v) is 3.47. The second-order valence-corrected chi connectivity index (χ2v) is 5.98. The molecule has 2 atom stereocenters. The van der Waals surface area contributed by atoms with Crippen molar-refractivity contribution in [2.24, 2.45) is 11.8 Å². The number of ketones is 4. The highest BCUT2D eigenvalue weighted by molar-refractivity contribution is 6.04. The van der Waals surface area contributed by atoms with Crippen molar-refractivity contribution in [2.75, 3.05) is 7.11 Å². The summed E-state index contributed by atoms with van der Waals surface area (Å²) < 4.78 is 4.90. The van der Waals surface area contributed by atoms with Gasteiger partial charge in [0.2, 0.25) is 0 Å². The van der Waals surface area contributed by atoms with Crippen molar-refractivity contribution < 1.29 is 33.8 Å². The normalized spacial score (nSPS) is 14.4. The monoisotopic (exact) mass is 352 g/mol. The van der Waals surface area contributed by atoms with Crippen molar-refractivity contribution in [2.45, 2.75) is 40.5 Å². The largest absolute Gasteiger partial charge is 0.493 e. The molecule has 0 saturated heterocycles. The molecule has 0 heterocycles. The van der Waals surface area contributed by atoms with E-state index in [1.54, 1.807) is 13.8 Å². The van der Waals surface area contributed by atoms with E-state index in [2.05, 4.69) is 0 Å². The summed E-state index contributed by atoms with van der Waals surface area (Å²) in [6.45, 7) is 5.68. The lowest BCUT2D eigenvalue weighted by Gasteiger charge is -2.15. The molecule has 1 N–H and O–H groups in total. The zero-order valence-electron chi connectivity index (χ0n) is 15.1. The quantitative estimate of drug-likeness (QED) is 0.446. The zero-order valence-corrected chi connectivity index (χ0v) is 15.1. The second kappa shape index (κ2) is 10.3. The number of carbonyl (C=O) groups excluding carboxylic acids is 4. The molecule has 25 heavy (non-hydrogen) atoms.